The summed E-state index contributed by atoms with van der Waals surface area (Å²) in [6.45, 7) is 7.78. The van der Waals surface area contributed by atoms with Gasteiger partial charge in [-0.15, -0.1) is 0 Å². The van der Waals surface area contributed by atoms with Crippen LogP contribution in [0.4, 0.5) is 4.39 Å². The summed E-state index contributed by atoms with van der Waals surface area (Å²) in [6, 6.07) is 6.50. The van der Waals surface area contributed by atoms with Gasteiger partial charge in [0.1, 0.15) is 5.82 Å². The third-order valence-corrected chi connectivity index (χ3v) is 3.05. The first-order valence-electron chi connectivity index (χ1n) is 6.15. The lowest BCUT2D eigenvalue weighted by Crippen LogP contribution is -2.13. The number of hydrogen-bond acceptors (Lipinski definition) is 2. The van der Waals surface area contributed by atoms with E-state index >= 15 is 0 Å². The molecule has 1 N–H and O–H groups in total. The quantitative estimate of drug-likeness (QED) is 0.900. The molecule has 0 atom stereocenters. The molecule has 1 aromatic carbocycles. The van der Waals surface area contributed by atoms with Crippen molar-refractivity contribution in [2.75, 3.05) is 6.54 Å². The van der Waals surface area contributed by atoms with Crippen LogP contribution in [0.2, 0.25) is 0 Å². The third kappa shape index (κ3) is 2.43. The van der Waals surface area contributed by atoms with E-state index in [0.717, 1.165) is 30.2 Å². The highest BCUT2D eigenvalue weighted by Crippen LogP contribution is 2.18. The Balaban J connectivity index is 2.40. The average Bonchev–Trinajstić information content (AvgIpc) is 2.63. The lowest BCUT2D eigenvalue weighted by molar-refractivity contribution is 0.625. The molecule has 96 valence electrons. The van der Waals surface area contributed by atoms with Gasteiger partial charge in [-0.2, -0.15) is 5.10 Å². The first kappa shape index (κ1) is 12.8. The zero-order valence-electron chi connectivity index (χ0n) is 11.0. The molecule has 0 aliphatic rings. The highest BCUT2D eigenvalue weighted by molar-refractivity contribution is 5.37. The normalized spacial score (nSPS) is 10.9. The van der Waals surface area contributed by atoms with Crippen LogP contribution < -0.4 is 5.32 Å². The summed E-state index contributed by atoms with van der Waals surface area (Å²) in [4.78, 5) is 0. The van der Waals surface area contributed by atoms with Crippen LogP contribution >= 0.6 is 0 Å². The molecule has 2 aromatic rings. The van der Waals surface area contributed by atoms with E-state index in [4.69, 9.17) is 0 Å². The lowest BCUT2D eigenvalue weighted by atomic mass is 10.2. The topological polar surface area (TPSA) is 29.9 Å². The molecule has 0 bridgehead atoms. The van der Waals surface area contributed by atoms with E-state index in [1.165, 1.54) is 17.7 Å². The molecule has 0 fully saturated rings. The summed E-state index contributed by atoms with van der Waals surface area (Å²) in [6.07, 6.45) is 0. The number of benzene rings is 1. The van der Waals surface area contributed by atoms with Gasteiger partial charge in [0.05, 0.1) is 11.4 Å². The number of aryl methyl sites for hydroxylation is 1. The maximum atomic E-state index is 13.2. The Kier molecular flexibility index (Phi) is 3.77. The Morgan fingerprint density at radius 2 is 2.11 bits per heavy atom. The Labute approximate surface area is 107 Å². The molecule has 2 rings (SSSR count). The molecule has 0 unspecified atom stereocenters. The van der Waals surface area contributed by atoms with E-state index < -0.39 is 0 Å². The molecule has 0 saturated heterocycles. The van der Waals surface area contributed by atoms with Crippen molar-refractivity contribution in [2.24, 2.45) is 0 Å². The smallest absolute Gasteiger partial charge is 0.125 e. The van der Waals surface area contributed by atoms with Gasteiger partial charge in [-0.1, -0.05) is 13.0 Å². The molecule has 4 heteroatoms. The van der Waals surface area contributed by atoms with Crippen molar-refractivity contribution in [3.8, 4) is 5.69 Å². The van der Waals surface area contributed by atoms with Crippen molar-refractivity contribution in [1.82, 2.24) is 15.1 Å². The number of nitrogens with one attached hydrogen (secondary N) is 1. The minimum atomic E-state index is -0.242. The first-order chi connectivity index (χ1) is 8.63. The molecule has 0 spiro atoms. The molecule has 0 aliphatic heterocycles. The molecule has 0 radical (unpaired) electrons. The maximum absolute atomic E-state index is 13.2. The van der Waals surface area contributed by atoms with Gasteiger partial charge in [-0.3, -0.25) is 0 Å². The molecule has 0 amide bonds. The van der Waals surface area contributed by atoms with Crippen molar-refractivity contribution < 1.29 is 4.39 Å². The fraction of sp³-hybridized carbons (Fsp3) is 0.357. The molecule has 0 aliphatic carbocycles. The highest BCUT2D eigenvalue weighted by Gasteiger charge is 2.12. The molecule has 1 aromatic heterocycles. The summed E-state index contributed by atoms with van der Waals surface area (Å²) in [5, 5.41) is 7.78. The molecular weight excluding hydrogens is 229 g/mol. The van der Waals surface area contributed by atoms with Crippen LogP contribution in [0.5, 0.6) is 0 Å². The Morgan fingerprint density at radius 3 is 2.78 bits per heavy atom. The number of hydrogen-bond donors (Lipinski definition) is 1. The van der Waals surface area contributed by atoms with Crippen molar-refractivity contribution in [1.29, 1.82) is 0 Å². The van der Waals surface area contributed by atoms with E-state index in [0.29, 0.717) is 0 Å². The fourth-order valence-corrected chi connectivity index (χ4v) is 2.04. The summed E-state index contributed by atoms with van der Waals surface area (Å²) < 4.78 is 15.0. The minimum Gasteiger partial charge on any atom is -0.313 e. The van der Waals surface area contributed by atoms with Gasteiger partial charge in [0.25, 0.3) is 0 Å². The Hall–Kier alpha value is -1.68. The zero-order chi connectivity index (χ0) is 13.1. The third-order valence-electron chi connectivity index (χ3n) is 3.05. The van der Waals surface area contributed by atoms with Gasteiger partial charge in [0.15, 0.2) is 0 Å². The van der Waals surface area contributed by atoms with Gasteiger partial charge in [0, 0.05) is 17.8 Å². The Bertz CT molecular complexity index is 546. The highest BCUT2D eigenvalue weighted by atomic mass is 19.1. The average molecular weight is 247 g/mol. The second-order valence-corrected chi connectivity index (χ2v) is 4.32. The van der Waals surface area contributed by atoms with Crippen LogP contribution in [0.1, 0.15) is 23.9 Å². The van der Waals surface area contributed by atoms with Crippen molar-refractivity contribution >= 4 is 0 Å². The molecular formula is C14H18FN3. The van der Waals surface area contributed by atoms with E-state index in [1.807, 2.05) is 19.9 Å². The van der Waals surface area contributed by atoms with Crippen LogP contribution in [0.15, 0.2) is 24.3 Å². The lowest BCUT2D eigenvalue weighted by Gasteiger charge is -2.06. The number of rotatable bonds is 4. The first-order valence-corrected chi connectivity index (χ1v) is 6.15. The van der Waals surface area contributed by atoms with Gasteiger partial charge >= 0.3 is 0 Å². The predicted molar refractivity (Wildman–Crippen MR) is 70.4 cm³/mol. The van der Waals surface area contributed by atoms with Crippen LogP contribution in [0.25, 0.3) is 5.69 Å². The number of halogens is 1. The van der Waals surface area contributed by atoms with Gasteiger partial charge in [-0.05, 0) is 38.6 Å². The van der Waals surface area contributed by atoms with Crippen molar-refractivity contribution in [2.45, 2.75) is 27.3 Å². The largest absolute Gasteiger partial charge is 0.313 e. The van der Waals surface area contributed by atoms with Gasteiger partial charge in [-0.25, -0.2) is 9.07 Å². The minimum absolute atomic E-state index is 0.242. The maximum Gasteiger partial charge on any atom is 0.125 e. The molecule has 3 nitrogen and oxygen atoms in total. The van der Waals surface area contributed by atoms with E-state index in [1.54, 1.807) is 10.7 Å². The van der Waals surface area contributed by atoms with Gasteiger partial charge in [0.2, 0.25) is 0 Å². The zero-order valence-corrected chi connectivity index (χ0v) is 11.0. The molecule has 18 heavy (non-hydrogen) atoms. The van der Waals surface area contributed by atoms with Crippen LogP contribution in [0.3, 0.4) is 0 Å². The van der Waals surface area contributed by atoms with Crippen LogP contribution in [-0.2, 0) is 6.54 Å². The molecule has 0 saturated carbocycles. The second kappa shape index (κ2) is 5.31. The summed E-state index contributed by atoms with van der Waals surface area (Å²) in [5.41, 5.74) is 3.98. The van der Waals surface area contributed by atoms with Crippen molar-refractivity contribution in [3.05, 3.63) is 47.0 Å². The summed E-state index contributed by atoms with van der Waals surface area (Å²) >= 11 is 0. The summed E-state index contributed by atoms with van der Waals surface area (Å²) in [5.74, 6) is -0.242. The summed E-state index contributed by atoms with van der Waals surface area (Å²) in [7, 11) is 0. The fourth-order valence-electron chi connectivity index (χ4n) is 2.04. The van der Waals surface area contributed by atoms with E-state index in [9.17, 15) is 4.39 Å². The van der Waals surface area contributed by atoms with Crippen LogP contribution in [0, 0.1) is 19.7 Å². The van der Waals surface area contributed by atoms with E-state index in [2.05, 4.69) is 17.3 Å². The predicted octanol–water partition coefficient (Wildman–Crippen LogP) is 2.74. The number of nitrogens with zero attached hydrogens (tertiary/aromatic N) is 2. The van der Waals surface area contributed by atoms with Gasteiger partial charge < -0.3 is 5.32 Å². The monoisotopic (exact) mass is 247 g/mol. The molecule has 1 heterocycles. The second-order valence-electron chi connectivity index (χ2n) is 4.32. The van der Waals surface area contributed by atoms with Crippen molar-refractivity contribution in [3.63, 3.8) is 0 Å². The van der Waals surface area contributed by atoms with E-state index in [-0.39, 0.29) is 5.82 Å². The Morgan fingerprint density at radius 1 is 1.33 bits per heavy atom. The number of aromatic nitrogens is 2. The standard InChI is InChI=1S/C14H18FN3/c1-4-16-9-14-10(2)17-18(11(14)3)13-7-5-6-12(15)8-13/h5-8,16H,4,9H2,1-3H3. The SMILES string of the molecule is CCNCc1c(C)nn(-c2cccc(F)c2)c1C. The van der Waals surface area contributed by atoms with Crippen LogP contribution in [-0.4, -0.2) is 16.3 Å².